The van der Waals surface area contributed by atoms with Crippen LogP contribution in [0.25, 0.3) is 0 Å². The van der Waals surface area contributed by atoms with E-state index in [1.165, 1.54) is 12.0 Å². The minimum absolute atomic E-state index is 0.0607. The summed E-state index contributed by atoms with van der Waals surface area (Å²) in [5, 5.41) is 19.1. The summed E-state index contributed by atoms with van der Waals surface area (Å²) < 4.78 is 0. The molecule has 3 saturated carbocycles. The van der Waals surface area contributed by atoms with Crippen LogP contribution in [0.4, 0.5) is 0 Å². The van der Waals surface area contributed by atoms with Crippen LogP contribution in [0.1, 0.15) is 64.2 Å². The van der Waals surface area contributed by atoms with Gasteiger partial charge in [0, 0.05) is 12.3 Å². The number of carbonyl (C=O) groups is 2. The van der Waals surface area contributed by atoms with Gasteiger partial charge in [-0.15, -0.1) is 0 Å². The van der Waals surface area contributed by atoms with E-state index in [9.17, 15) is 14.7 Å². The number of hydrogen-bond acceptors (Lipinski definition) is 3. The van der Waals surface area contributed by atoms with Gasteiger partial charge in [-0.3, -0.25) is 9.59 Å². The summed E-state index contributed by atoms with van der Waals surface area (Å²) in [5.41, 5.74) is 1.32. The molecule has 3 rings (SSSR count). The molecule has 4 atom stereocenters. The number of carboxylic acids is 1. The van der Waals surface area contributed by atoms with E-state index in [0.717, 1.165) is 38.5 Å². The van der Waals surface area contributed by atoms with Crippen molar-refractivity contribution in [2.24, 2.45) is 23.7 Å². The first kappa shape index (κ1) is 18.2. The van der Waals surface area contributed by atoms with Crippen molar-refractivity contribution in [2.75, 3.05) is 0 Å². The smallest absolute Gasteiger partial charge is 0.303 e. The monoisotopic (exact) mass is 344 g/mol. The normalized spacial score (nSPS) is 33.7. The maximum absolute atomic E-state index is 12.3. The lowest BCUT2D eigenvalue weighted by atomic mass is 9.57. The first-order valence-corrected chi connectivity index (χ1v) is 9.70. The topological polar surface area (TPSA) is 74.6 Å². The average Bonchev–Trinajstić information content (AvgIpc) is 2.59. The van der Waals surface area contributed by atoms with E-state index in [0.29, 0.717) is 24.7 Å². The first-order valence-electron chi connectivity index (χ1n) is 9.70. The molecule has 4 unspecified atom stereocenters. The van der Waals surface area contributed by atoms with Crippen molar-refractivity contribution in [3.63, 3.8) is 0 Å². The van der Waals surface area contributed by atoms with Crippen molar-refractivity contribution in [3.05, 3.63) is 11.6 Å². The number of hydrogen-bond donors (Lipinski definition) is 2. The van der Waals surface area contributed by atoms with Crippen LogP contribution in [-0.2, 0) is 9.59 Å². The number of carbonyl (C=O) groups excluding carboxylic acids is 1. The third kappa shape index (κ3) is 4.33. The van der Waals surface area contributed by atoms with Gasteiger partial charge < -0.3 is 10.2 Å². The molecular weight excluding hydrogens is 316 g/mol. The van der Waals surface area contributed by atoms with Crippen LogP contribution in [0.15, 0.2) is 11.6 Å². The molecular formula is C21H28O4. The molecule has 0 spiro atoms. The number of fused-ring (bicyclic) bond motifs is 1. The van der Waals surface area contributed by atoms with Gasteiger partial charge in [-0.05, 0) is 56.3 Å². The van der Waals surface area contributed by atoms with Gasteiger partial charge in [0.1, 0.15) is 0 Å². The molecule has 0 aromatic carbocycles. The first-order chi connectivity index (χ1) is 12.1. The molecule has 0 aliphatic heterocycles. The van der Waals surface area contributed by atoms with E-state index in [2.05, 4.69) is 17.9 Å². The average molecular weight is 344 g/mol. The van der Waals surface area contributed by atoms with E-state index in [1.807, 2.05) is 0 Å². The zero-order valence-corrected chi connectivity index (χ0v) is 14.7. The van der Waals surface area contributed by atoms with Crippen LogP contribution in [-0.4, -0.2) is 28.1 Å². The second kappa shape index (κ2) is 8.19. The number of carboxylic acid groups (broad SMARTS) is 1. The SMILES string of the molecule is O=C(O)CCC=C1CC2C1CCC(O)C2C#CC(=O)C1CCCCC1. The standard InChI is InChI=1S/C21H28O4/c22-19(14-5-2-1-3-6-14)11-10-17-18-13-15(7-4-8-21(24)25)16(18)9-12-20(17)23/h7,14,16-18,20,23H,1-6,8-9,12-13H2,(H,24,25). The maximum Gasteiger partial charge on any atom is 0.303 e. The van der Waals surface area contributed by atoms with Gasteiger partial charge in [-0.25, -0.2) is 0 Å². The van der Waals surface area contributed by atoms with Gasteiger partial charge in [0.15, 0.2) is 0 Å². The summed E-state index contributed by atoms with van der Waals surface area (Å²) in [7, 11) is 0. The number of aliphatic hydroxyl groups is 1. The predicted octanol–water partition coefficient (Wildman–Crippen LogP) is 3.34. The second-order valence-electron chi connectivity index (χ2n) is 7.82. The van der Waals surface area contributed by atoms with Gasteiger partial charge in [0.05, 0.1) is 12.0 Å². The summed E-state index contributed by atoms with van der Waals surface area (Å²) in [5.74, 6) is 6.02. The Morgan fingerprint density at radius 3 is 2.60 bits per heavy atom. The number of allylic oxidation sites excluding steroid dienone is 2. The molecule has 3 fully saturated rings. The highest BCUT2D eigenvalue weighted by atomic mass is 16.4. The Balaban J connectivity index is 1.59. The summed E-state index contributed by atoms with van der Waals surface area (Å²) in [6.07, 6.45) is 10.3. The third-order valence-electron chi connectivity index (χ3n) is 6.22. The molecule has 25 heavy (non-hydrogen) atoms. The third-order valence-corrected chi connectivity index (χ3v) is 6.22. The fraction of sp³-hybridized carbons (Fsp3) is 0.714. The molecule has 0 amide bonds. The van der Waals surface area contributed by atoms with Gasteiger partial charge >= 0.3 is 5.97 Å². The summed E-state index contributed by atoms with van der Waals surface area (Å²) in [4.78, 5) is 22.9. The zero-order chi connectivity index (χ0) is 17.8. The van der Waals surface area contributed by atoms with Crippen molar-refractivity contribution >= 4 is 11.8 Å². The van der Waals surface area contributed by atoms with E-state index < -0.39 is 12.1 Å². The van der Waals surface area contributed by atoms with Crippen molar-refractivity contribution < 1.29 is 19.8 Å². The van der Waals surface area contributed by atoms with E-state index >= 15 is 0 Å². The van der Waals surface area contributed by atoms with Gasteiger partial charge in [-0.2, -0.15) is 0 Å². The Hall–Kier alpha value is -1.60. The molecule has 0 radical (unpaired) electrons. The van der Waals surface area contributed by atoms with Gasteiger partial charge in [0.25, 0.3) is 0 Å². The summed E-state index contributed by atoms with van der Waals surface area (Å²) in [6.45, 7) is 0. The number of rotatable bonds is 4. The molecule has 0 aromatic rings. The van der Waals surface area contributed by atoms with Crippen LogP contribution >= 0.6 is 0 Å². The number of ketones is 1. The van der Waals surface area contributed by atoms with Crippen LogP contribution < -0.4 is 0 Å². The Morgan fingerprint density at radius 1 is 1.12 bits per heavy atom. The molecule has 4 nitrogen and oxygen atoms in total. The maximum atomic E-state index is 12.3. The van der Waals surface area contributed by atoms with E-state index in [4.69, 9.17) is 5.11 Å². The van der Waals surface area contributed by atoms with Crippen LogP contribution in [0.2, 0.25) is 0 Å². The fourth-order valence-electron chi connectivity index (χ4n) is 4.71. The summed E-state index contributed by atoms with van der Waals surface area (Å²) in [6, 6.07) is 0. The largest absolute Gasteiger partial charge is 0.481 e. The number of aliphatic hydroxyl groups excluding tert-OH is 1. The van der Waals surface area contributed by atoms with E-state index in [-0.39, 0.29) is 24.0 Å². The molecule has 3 aliphatic carbocycles. The Bertz CT molecular complexity index is 603. The zero-order valence-electron chi connectivity index (χ0n) is 14.7. The molecule has 0 heterocycles. The highest BCUT2D eigenvalue weighted by molar-refractivity contribution is 5.97. The van der Waals surface area contributed by atoms with Crippen LogP contribution in [0.3, 0.4) is 0 Å². The van der Waals surface area contributed by atoms with Crippen LogP contribution in [0.5, 0.6) is 0 Å². The lowest BCUT2D eigenvalue weighted by molar-refractivity contribution is -0.136. The molecule has 4 heteroatoms. The quantitative estimate of drug-likeness (QED) is 0.466. The van der Waals surface area contributed by atoms with Crippen LogP contribution in [0, 0.1) is 35.5 Å². The minimum atomic E-state index is -0.767. The fourth-order valence-corrected chi connectivity index (χ4v) is 4.71. The Kier molecular flexibility index (Phi) is 5.96. The van der Waals surface area contributed by atoms with Crippen molar-refractivity contribution in [1.29, 1.82) is 0 Å². The van der Waals surface area contributed by atoms with Crippen molar-refractivity contribution in [2.45, 2.75) is 70.3 Å². The molecule has 0 bridgehead atoms. The molecule has 0 aromatic heterocycles. The molecule has 2 N–H and O–H groups in total. The minimum Gasteiger partial charge on any atom is -0.481 e. The van der Waals surface area contributed by atoms with E-state index in [1.54, 1.807) is 0 Å². The Morgan fingerprint density at radius 2 is 1.88 bits per heavy atom. The lowest BCUT2D eigenvalue weighted by Gasteiger charge is -2.48. The van der Waals surface area contributed by atoms with Gasteiger partial charge in [0.2, 0.25) is 5.78 Å². The molecule has 136 valence electrons. The second-order valence-corrected chi connectivity index (χ2v) is 7.82. The predicted molar refractivity (Wildman–Crippen MR) is 94.6 cm³/mol. The lowest BCUT2D eigenvalue weighted by Crippen LogP contribution is -2.44. The highest BCUT2D eigenvalue weighted by Crippen LogP contribution is 2.51. The number of Topliss-reactive ketones (excluding diaryl/α,β-unsaturated/α-hetero) is 1. The van der Waals surface area contributed by atoms with Gasteiger partial charge in [-0.1, -0.05) is 36.8 Å². The van der Waals surface area contributed by atoms with Crippen molar-refractivity contribution in [1.82, 2.24) is 0 Å². The Labute approximate surface area is 149 Å². The summed E-state index contributed by atoms with van der Waals surface area (Å²) >= 11 is 0. The highest BCUT2D eigenvalue weighted by Gasteiger charge is 2.46. The van der Waals surface area contributed by atoms with Crippen molar-refractivity contribution in [3.8, 4) is 11.8 Å². The number of aliphatic carboxylic acids is 1. The molecule has 3 aliphatic rings. The molecule has 0 saturated heterocycles.